The number of rotatable bonds is 9. The number of hydrogen-bond donors (Lipinski definition) is 2. The molecule has 0 radical (unpaired) electrons. The summed E-state index contributed by atoms with van der Waals surface area (Å²) < 4.78 is 27.1. The molecular formula is C31H33ClN2O4S2. The number of carbonyl (C=O) groups is 1. The molecule has 1 unspecified atom stereocenters. The molecule has 9 heteroatoms. The van der Waals surface area contributed by atoms with E-state index in [1.165, 1.54) is 11.3 Å². The van der Waals surface area contributed by atoms with E-state index >= 15 is 0 Å². The lowest BCUT2D eigenvalue weighted by molar-refractivity contribution is 0.0604. The van der Waals surface area contributed by atoms with Crippen LogP contribution in [0.5, 0.6) is 5.75 Å². The van der Waals surface area contributed by atoms with Gasteiger partial charge in [-0.3, -0.25) is 4.79 Å². The lowest BCUT2D eigenvalue weighted by Crippen LogP contribution is -2.44. The first kappa shape index (κ1) is 28.8. The van der Waals surface area contributed by atoms with E-state index in [0.717, 1.165) is 63.8 Å². The van der Waals surface area contributed by atoms with Gasteiger partial charge in [-0.25, -0.2) is 4.21 Å². The maximum absolute atomic E-state index is 14.2. The van der Waals surface area contributed by atoms with Crippen LogP contribution < -0.4 is 10.1 Å². The quantitative estimate of drug-likeness (QED) is 0.201. The zero-order valence-electron chi connectivity index (χ0n) is 22.6. The van der Waals surface area contributed by atoms with Crippen LogP contribution in [-0.4, -0.2) is 45.8 Å². The zero-order chi connectivity index (χ0) is 28.2. The smallest absolute Gasteiger partial charge is 0.266 e. The van der Waals surface area contributed by atoms with Crippen molar-refractivity contribution in [3.05, 3.63) is 87.8 Å². The molecule has 1 fully saturated rings. The van der Waals surface area contributed by atoms with Gasteiger partial charge in [-0.05, 0) is 67.6 Å². The minimum atomic E-state index is -1.88. The number of halogens is 1. The molecule has 0 bridgehead atoms. The Bertz CT molecular complexity index is 1510. The van der Waals surface area contributed by atoms with Gasteiger partial charge in [0.2, 0.25) is 0 Å². The van der Waals surface area contributed by atoms with Crippen LogP contribution in [0.25, 0.3) is 21.2 Å². The highest BCUT2D eigenvalue weighted by atomic mass is 35.5. The van der Waals surface area contributed by atoms with Crippen LogP contribution in [-0.2, 0) is 23.4 Å². The highest BCUT2D eigenvalue weighted by molar-refractivity contribution is 7.78. The van der Waals surface area contributed by atoms with E-state index in [1.807, 2.05) is 72.6 Å². The highest BCUT2D eigenvalue weighted by Crippen LogP contribution is 2.38. The maximum atomic E-state index is 14.2. The van der Waals surface area contributed by atoms with Gasteiger partial charge in [0.05, 0.1) is 17.9 Å². The second kappa shape index (κ2) is 12.8. The maximum Gasteiger partial charge on any atom is 0.266 e. The van der Waals surface area contributed by atoms with Crippen LogP contribution in [0.4, 0.5) is 0 Å². The summed E-state index contributed by atoms with van der Waals surface area (Å²) in [7, 11) is 3.65. The Morgan fingerprint density at radius 3 is 2.42 bits per heavy atom. The second-order valence-electron chi connectivity index (χ2n) is 10.2. The predicted octanol–water partition coefficient (Wildman–Crippen LogP) is 7.13. The summed E-state index contributed by atoms with van der Waals surface area (Å²) in [5.41, 5.74) is 3.68. The normalized spacial score (nSPS) is 18.0. The largest absolute Gasteiger partial charge is 0.496 e. The molecule has 2 N–H and O–H groups in total. The van der Waals surface area contributed by atoms with Gasteiger partial charge in [0.1, 0.15) is 10.6 Å². The van der Waals surface area contributed by atoms with Crippen molar-refractivity contribution in [1.82, 2.24) is 10.2 Å². The lowest BCUT2D eigenvalue weighted by Gasteiger charge is -2.37. The van der Waals surface area contributed by atoms with Crippen molar-refractivity contribution in [3.63, 3.8) is 0 Å². The van der Waals surface area contributed by atoms with Crippen LogP contribution in [0.2, 0.25) is 5.02 Å². The van der Waals surface area contributed by atoms with Gasteiger partial charge in [-0.1, -0.05) is 60.1 Å². The molecule has 1 heterocycles. The topological polar surface area (TPSA) is 78.9 Å². The fourth-order valence-corrected chi connectivity index (χ4v) is 7.47. The van der Waals surface area contributed by atoms with Crippen molar-refractivity contribution in [1.29, 1.82) is 0 Å². The first-order valence-corrected chi connectivity index (χ1v) is 15.8. The Labute approximate surface area is 246 Å². The summed E-state index contributed by atoms with van der Waals surface area (Å²) in [6, 6.07) is 22.1. The van der Waals surface area contributed by atoms with Gasteiger partial charge in [-0.15, -0.1) is 11.3 Å². The molecule has 1 atom stereocenters. The monoisotopic (exact) mass is 596 g/mol. The fraction of sp³-hybridized carbons (Fsp3) is 0.323. The molecule has 4 aromatic rings. The molecule has 1 amide bonds. The highest BCUT2D eigenvalue weighted by Gasteiger charge is 2.32. The number of ether oxygens (including phenoxy) is 1. The average molecular weight is 597 g/mol. The van der Waals surface area contributed by atoms with Crippen LogP contribution in [0.3, 0.4) is 0 Å². The zero-order valence-corrected chi connectivity index (χ0v) is 25.0. The van der Waals surface area contributed by atoms with Crippen molar-refractivity contribution in [2.75, 3.05) is 14.2 Å². The molecule has 1 aliphatic rings. The molecular weight excluding hydrogens is 564 g/mol. The number of carbonyl (C=O) groups excluding carboxylic acids is 1. The van der Waals surface area contributed by atoms with Gasteiger partial charge >= 0.3 is 0 Å². The molecule has 1 aliphatic carbocycles. The minimum Gasteiger partial charge on any atom is -0.496 e. The third-order valence-electron chi connectivity index (χ3n) is 7.73. The van der Waals surface area contributed by atoms with Gasteiger partial charge in [0, 0.05) is 34.3 Å². The van der Waals surface area contributed by atoms with Crippen LogP contribution in [0.15, 0.2) is 66.7 Å². The molecule has 1 aromatic heterocycles. The third-order valence-corrected chi connectivity index (χ3v) is 9.98. The Hall–Kier alpha value is -2.75. The molecule has 5 rings (SSSR count). The van der Waals surface area contributed by atoms with E-state index in [0.29, 0.717) is 22.5 Å². The molecule has 210 valence electrons. The number of fused-ring (bicyclic) bond motifs is 1. The first-order chi connectivity index (χ1) is 19.4. The van der Waals surface area contributed by atoms with E-state index in [1.54, 1.807) is 7.11 Å². The lowest BCUT2D eigenvalue weighted by atomic mass is 9.89. The van der Waals surface area contributed by atoms with Gasteiger partial charge in [-0.2, -0.15) is 0 Å². The van der Waals surface area contributed by atoms with Crippen molar-refractivity contribution in [3.8, 4) is 16.9 Å². The minimum absolute atomic E-state index is 0.0482. The molecule has 40 heavy (non-hydrogen) atoms. The summed E-state index contributed by atoms with van der Waals surface area (Å²) in [6.45, 7) is 0.400. The van der Waals surface area contributed by atoms with Gasteiger partial charge in [0.15, 0.2) is 11.1 Å². The molecule has 0 spiro atoms. The average Bonchev–Trinajstić information content (AvgIpc) is 3.32. The SMILES string of the molecule is CNC1CCC(N(Cc2cc(-c3ccc(CS(=O)O)cc3)ccc2OC)C(=O)c2sc3ccccc3c2Cl)CC1. The fourth-order valence-electron chi connectivity index (χ4n) is 5.53. The first-order valence-electron chi connectivity index (χ1n) is 13.4. The Morgan fingerprint density at radius 1 is 1.07 bits per heavy atom. The number of amides is 1. The molecule has 1 saturated carbocycles. The molecule has 0 saturated heterocycles. The third kappa shape index (κ3) is 6.26. The predicted molar refractivity (Wildman–Crippen MR) is 165 cm³/mol. The molecule has 6 nitrogen and oxygen atoms in total. The summed E-state index contributed by atoms with van der Waals surface area (Å²) >= 11 is 6.35. The number of nitrogens with one attached hydrogen (secondary N) is 1. The van der Waals surface area contributed by atoms with Crippen molar-refractivity contribution < 1.29 is 18.3 Å². The standard InChI is InChI=1S/C31H33ClN2O4S2/c1-33-24-12-14-25(15-13-24)34(31(35)30-29(32)26-5-3-4-6-28(26)39-30)18-23-17-22(11-16-27(23)38-2)21-9-7-20(8-10-21)19-40(36)37/h3-11,16-17,24-25,33H,12-15,18-19H2,1-2H3,(H,36,37). The summed E-state index contributed by atoms with van der Waals surface area (Å²) in [5, 5.41) is 4.81. The number of benzene rings is 3. The van der Waals surface area contributed by atoms with Crippen LogP contribution in [0.1, 0.15) is 46.5 Å². The van der Waals surface area contributed by atoms with Crippen molar-refractivity contribution in [2.45, 2.75) is 50.1 Å². The molecule has 3 aromatic carbocycles. The number of hydrogen-bond acceptors (Lipinski definition) is 5. The Kier molecular flexibility index (Phi) is 9.23. The van der Waals surface area contributed by atoms with E-state index in [2.05, 4.69) is 11.4 Å². The number of thiophene rings is 1. The Balaban J connectivity index is 1.49. The summed E-state index contributed by atoms with van der Waals surface area (Å²) in [6.07, 6.45) is 3.84. The van der Waals surface area contributed by atoms with E-state index in [9.17, 15) is 13.6 Å². The van der Waals surface area contributed by atoms with Crippen LogP contribution >= 0.6 is 22.9 Å². The van der Waals surface area contributed by atoms with Gasteiger partial charge < -0.3 is 19.5 Å². The number of nitrogens with zero attached hydrogens (tertiary/aromatic N) is 1. The Morgan fingerprint density at radius 2 is 1.77 bits per heavy atom. The van der Waals surface area contributed by atoms with E-state index < -0.39 is 11.1 Å². The van der Waals surface area contributed by atoms with E-state index in [4.69, 9.17) is 16.3 Å². The summed E-state index contributed by atoms with van der Waals surface area (Å²) in [5.74, 6) is 0.773. The van der Waals surface area contributed by atoms with Gasteiger partial charge in [0.25, 0.3) is 5.91 Å². The van der Waals surface area contributed by atoms with Crippen molar-refractivity contribution >= 4 is 50.0 Å². The van der Waals surface area contributed by atoms with Crippen molar-refractivity contribution in [2.24, 2.45) is 0 Å². The summed E-state index contributed by atoms with van der Waals surface area (Å²) in [4.78, 5) is 16.8. The number of methoxy groups -OCH3 is 1. The second-order valence-corrected chi connectivity index (χ2v) is 12.5. The van der Waals surface area contributed by atoms with E-state index in [-0.39, 0.29) is 17.7 Å². The molecule has 0 aliphatic heterocycles. The van der Waals surface area contributed by atoms with Crippen LogP contribution in [0, 0.1) is 0 Å².